The molecule has 1 amide bonds. The molecule has 0 saturated heterocycles. The van der Waals surface area contributed by atoms with Crippen molar-refractivity contribution < 1.29 is 19.6 Å². The maximum absolute atomic E-state index is 12.6. The van der Waals surface area contributed by atoms with Crippen molar-refractivity contribution >= 4 is 50.5 Å². The molecule has 10 heteroatoms. The molecular weight excluding hydrogens is 450 g/mol. The summed E-state index contributed by atoms with van der Waals surface area (Å²) in [6, 6.07) is 8.48. The summed E-state index contributed by atoms with van der Waals surface area (Å²) in [6.07, 6.45) is 1.81. The van der Waals surface area contributed by atoms with Gasteiger partial charge in [0.1, 0.15) is 11.5 Å². The van der Waals surface area contributed by atoms with Crippen molar-refractivity contribution in [3.05, 3.63) is 56.5 Å². The number of ether oxygens (including phenoxy) is 1. The van der Waals surface area contributed by atoms with E-state index >= 15 is 0 Å². The third-order valence-electron chi connectivity index (χ3n) is 3.61. The Bertz CT molecular complexity index is 907. The number of carbonyl (C=O) groups is 1. The van der Waals surface area contributed by atoms with Crippen molar-refractivity contribution in [3.63, 3.8) is 0 Å². The van der Waals surface area contributed by atoms with Gasteiger partial charge in [0.2, 0.25) is 0 Å². The van der Waals surface area contributed by atoms with Gasteiger partial charge in [-0.05, 0) is 42.9 Å². The summed E-state index contributed by atoms with van der Waals surface area (Å²) >= 11 is 8.40. The lowest BCUT2D eigenvalue weighted by atomic mass is 10.2. The molecule has 0 aliphatic heterocycles. The van der Waals surface area contributed by atoms with Crippen LogP contribution in [0.5, 0.6) is 11.5 Å². The molecule has 0 bridgehead atoms. The number of phenolic OH excluding ortho intramolecular Hbond substituents is 1. The van der Waals surface area contributed by atoms with E-state index < -0.39 is 10.8 Å². The van der Waals surface area contributed by atoms with Gasteiger partial charge in [0, 0.05) is 16.6 Å². The number of rotatable bonds is 7. The molecule has 0 fully saturated rings. The molecule has 3 N–H and O–H groups in total. The second-order valence-corrected chi connectivity index (χ2v) is 7.03. The lowest BCUT2D eigenvalue weighted by Gasteiger charge is -2.14. The summed E-state index contributed by atoms with van der Waals surface area (Å²) in [5.74, 6) is -0.349. The molecule has 0 spiro atoms. The van der Waals surface area contributed by atoms with Crippen molar-refractivity contribution in [1.82, 2.24) is 5.32 Å². The first-order valence-electron chi connectivity index (χ1n) is 8.34. The van der Waals surface area contributed by atoms with Gasteiger partial charge in [0.05, 0.1) is 22.8 Å². The highest BCUT2D eigenvalue weighted by atomic mass is 79.9. The van der Waals surface area contributed by atoms with E-state index in [0.717, 1.165) is 25.0 Å². The fourth-order valence-corrected chi connectivity index (χ4v) is 2.76. The highest BCUT2D eigenvalue weighted by molar-refractivity contribution is 9.10. The molecule has 0 aliphatic rings. The number of unbranched alkanes of at least 4 members (excludes halogenated alkanes) is 1. The third-order valence-corrected chi connectivity index (χ3v) is 4.31. The highest BCUT2D eigenvalue weighted by Gasteiger charge is 2.16. The number of benzene rings is 2. The number of halogens is 1. The van der Waals surface area contributed by atoms with E-state index in [2.05, 4.69) is 26.6 Å². The van der Waals surface area contributed by atoms with Crippen molar-refractivity contribution in [1.29, 1.82) is 0 Å². The largest absolute Gasteiger partial charge is 0.506 e. The molecule has 0 heterocycles. The first-order valence-corrected chi connectivity index (χ1v) is 9.54. The Balaban J connectivity index is 2.12. The molecular formula is C18H18BrN3O5S. The van der Waals surface area contributed by atoms with E-state index in [-0.39, 0.29) is 27.8 Å². The van der Waals surface area contributed by atoms with Gasteiger partial charge in [0.25, 0.3) is 11.6 Å². The van der Waals surface area contributed by atoms with Gasteiger partial charge < -0.3 is 15.2 Å². The molecule has 0 atom stereocenters. The average Bonchev–Trinajstić information content (AvgIpc) is 2.64. The smallest absolute Gasteiger partial charge is 0.271 e. The predicted octanol–water partition coefficient (Wildman–Crippen LogP) is 4.37. The first-order chi connectivity index (χ1) is 13.3. The number of nitro benzene ring substituents is 1. The lowest BCUT2D eigenvalue weighted by Crippen LogP contribution is -2.34. The summed E-state index contributed by atoms with van der Waals surface area (Å²) in [5, 5.41) is 25.6. The summed E-state index contributed by atoms with van der Waals surface area (Å²) in [7, 11) is 0. The summed E-state index contributed by atoms with van der Waals surface area (Å²) < 4.78 is 6.34. The Kier molecular flexibility index (Phi) is 7.70. The van der Waals surface area contributed by atoms with Gasteiger partial charge in [-0.15, -0.1) is 0 Å². The van der Waals surface area contributed by atoms with Crippen molar-refractivity contribution in [2.75, 3.05) is 11.9 Å². The number of amides is 1. The number of nitrogens with one attached hydrogen (secondary N) is 2. The summed E-state index contributed by atoms with van der Waals surface area (Å²) in [4.78, 5) is 22.9. The van der Waals surface area contributed by atoms with Crippen LogP contribution in [0, 0.1) is 10.1 Å². The Morgan fingerprint density at radius 3 is 2.75 bits per heavy atom. The number of carbonyl (C=O) groups excluding carboxylic acids is 1. The van der Waals surface area contributed by atoms with Gasteiger partial charge in [-0.1, -0.05) is 29.3 Å². The summed E-state index contributed by atoms with van der Waals surface area (Å²) in [6.45, 7) is 2.51. The quantitative estimate of drug-likeness (QED) is 0.182. The van der Waals surface area contributed by atoms with E-state index in [1.165, 1.54) is 6.07 Å². The van der Waals surface area contributed by atoms with E-state index in [4.69, 9.17) is 17.0 Å². The van der Waals surface area contributed by atoms with Crippen LogP contribution in [-0.4, -0.2) is 27.7 Å². The Labute approximate surface area is 175 Å². The van der Waals surface area contributed by atoms with E-state index in [1.807, 2.05) is 6.92 Å². The standard InChI is InChI=1S/C18H18BrN3O5S/c1-2-3-8-27-16-7-4-11(19)9-13(16)17(24)21-18(28)20-14-10-12(22(25)26)5-6-15(14)23/h4-7,9-10,23H,2-3,8H2,1H3,(H2,20,21,24,28). The number of hydrogen-bond donors (Lipinski definition) is 3. The van der Waals surface area contributed by atoms with Gasteiger partial charge in [-0.25, -0.2) is 0 Å². The monoisotopic (exact) mass is 467 g/mol. The minimum Gasteiger partial charge on any atom is -0.506 e. The zero-order chi connectivity index (χ0) is 20.7. The van der Waals surface area contributed by atoms with Gasteiger partial charge in [-0.2, -0.15) is 0 Å². The van der Waals surface area contributed by atoms with Gasteiger partial charge in [-0.3, -0.25) is 20.2 Å². The highest BCUT2D eigenvalue weighted by Crippen LogP contribution is 2.28. The second-order valence-electron chi connectivity index (χ2n) is 5.71. The van der Waals surface area contributed by atoms with Crippen LogP contribution < -0.4 is 15.4 Å². The zero-order valence-electron chi connectivity index (χ0n) is 14.9. The number of anilines is 1. The number of nitrogens with zero attached hydrogens (tertiary/aromatic N) is 1. The van der Waals surface area contributed by atoms with Crippen LogP contribution in [0.2, 0.25) is 0 Å². The molecule has 28 heavy (non-hydrogen) atoms. The fraction of sp³-hybridized carbons (Fsp3) is 0.222. The topological polar surface area (TPSA) is 114 Å². The molecule has 0 aromatic heterocycles. The fourth-order valence-electron chi connectivity index (χ4n) is 2.19. The zero-order valence-corrected chi connectivity index (χ0v) is 17.3. The minimum atomic E-state index is -0.604. The normalized spacial score (nSPS) is 10.2. The molecule has 2 rings (SSSR count). The van der Waals surface area contributed by atoms with Crippen molar-refractivity contribution in [2.24, 2.45) is 0 Å². The van der Waals surface area contributed by atoms with E-state index in [0.29, 0.717) is 16.8 Å². The number of thiocarbonyl (C=S) groups is 1. The molecule has 8 nitrogen and oxygen atoms in total. The van der Waals surface area contributed by atoms with Crippen LogP contribution in [0.25, 0.3) is 0 Å². The number of hydrogen-bond acceptors (Lipinski definition) is 6. The average molecular weight is 468 g/mol. The Morgan fingerprint density at radius 2 is 2.07 bits per heavy atom. The predicted molar refractivity (Wildman–Crippen MR) is 113 cm³/mol. The van der Waals surface area contributed by atoms with Crippen molar-refractivity contribution in [3.8, 4) is 11.5 Å². The molecule has 148 valence electrons. The van der Waals surface area contributed by atoms with Gasteiger partial charge in [0.15, 0.2) is 5.11 Å². The molecule has 0 radical (unpaired) electrons. The Hall–Kier alpha value is -2.72. The van der Waals surface area contributed by atoms with E-state index in [1.54, 1.807) is 18.2 Å². The van der Waals surface area contributed by atoms with Crippen LogP contribution >= 0.6 is 28.1 Å². The maximum atomic E-state index is 12.6. The van der Waals surface area contributed by atoms with Crippen LogP contribution in [-0.2, 0) is 0 Å². The molecule has 0 aliphatic carbocycles. The van der Waals surface area contributed by atoms with E-state index in [9.17, 15) is 20.0 Å². The molecule has 0 unspecified atom stereocenters. The third kappa shape index (κ3) is 5.89. The summed E-state index contributed by atoms with van der Waals surface area (Å²) in [5.41, 5.74) is 0.0547. The first kappa shape index (κ1) is 21.6. The minimum absolute atomic E-state index is 0.00756. The Morgan fingerprint density at radius 1 is 1.32 bits per heavy atom. The van der Waals surface area contributed by atoms with Crippen LogP contribution in [0.15, 0.2) is 40.9 Å². The number of aromatic hydroxyl groups is 1. The SMILES string of the molecule is CCCCOc1ccc(Br)cc1C(=O)NC(=S)Nc1cc([N+](=O)[O-])ccc1O. The second kappa shape index (κ2) is 10.00. The van der Waals surface area contributed by atoms with Crippen LogP contribution in [0.1, 0.15) is 30.1 Å². The van der Waals surface area contributed by atoms with Crippen molar-refractivity contribution in [2.45, 2.75) is 19.8 Å². The molecule has 2 aromatic rings. The maximum Gasteiger partial charge on any atom is 0.271 e. The number of phenols is 1. The number of nitro groups is 1. The number of non-ortho nitro benzene ring substituents is 1. The molecule has 2 aromatic carbocycles. The van der Waals surface area contributed by atoms with Crippen LogP contribution in [0.3, 0.4) is 0 Å². The molecule has 0 saturated carbocycles. The van der Waals surface area contributed by atoms with Gasteiger partial charge >= 0.3 is 0 Å². The van der Waals surface area contributed by atoms with Crippen LogP contribution in [0.4, 0.5) is 11.4 Å². The lowest BCUT2D eigenvalue weighted by molar-refractivity contribution is -0.384.